The molecule has 5 aromatic heterocycles. The number of nitrogens with zero attached hydrogens (tertiary/aromatic N) is 7. The quantitative estimate of drug-likeness (QED) is 0.371. The molecule has 0 amide bonds. The van der Waals surface area contributed by atoms with Crippen LogP contribution in [0.5, 0.6) is 0 Å². The number of ether oxygens (including phenoxy) is 1. The van der Waals surface area contributed by atoms with Crippen LogP contribution in [0.3, 0.4) is 0 Å². The predicted octanol–water partition coefficient (Wildman–Crippen LogP) is 4.04. The van der Waals surface area contributed by atoms with E-state index >= 15 is 0 Å². The van der Waals surface area contributed by atoms with E-state index in [1.54, 1.807) is 48.0 Å². The van der Waals surface area contributed by atoms with Gasteiger partial charge in [-0.1, -0.05) is 6.92 Å². The van der Waals surface area contributed by atoms with Crippen LogP contribution < -0.4 is 11.0 Å². The van der Waals surface area contributed by atoms with E-state index < -0.39 is 0 Å². The molecule has 11 nitrogen and oxygen atoms in total. The summed E-state index contributed by atoms with van der Waals surface area (Å²) in [5, 5.41) is 17.1. The number of pyridine rings is 2. The topological polar surface area (TPSA) is 137 Å². The van der Waals surface area contributed by atoms with Crippen LogP contribution in [0, 0.1) is 11.3 Å². The Morgan fingerprint density at radius 1 is 1.21 bits per heavy atom. The van der Waals surface area contributed by atoms with Crippen LogP contribution in [0.2, 0.25) is 0 Å². The molecule has 0 unspecified atom stereocenters. The molecule has 1 fully saturated rings. The Morgan fingerprint density at radius 2 is 2.08 bits per heavy atom. The zero-order chi connectivity index (χ0) is 26.4. The van der Waals surface area contributed by atoms with Gasteiger partial charge in [0.1, 0.15) is 28.6 Å². The fraction of sp³-hybridized carbons (Fsp3) is 0.333. The molecule has 6 rings (SSSR count). The molecule has 11 heteroatoms. The fourth-order valence-corrected chi connectivity index (χ4v) is 5.13. The maximum absolute atomic E-state index is 13.7. The molecular weight excluding hydrogens is 484 g/mol. The standard InChI is InChI=1S/C27H26N8O3/c1-4-19-10-18(7-8-37-19)35-25-24-20(9-16(11-28)22(32-24)17-13-31-34(3)14-17)38-26(25)23(33-27(35)36)15-5-6-21(29-2)30-12-15/h5-6,9,12-14,18-19H,4,7-8,10H2,1-3H3,(H,29,30)/t18-,19-/m0/s1. The van der Waals surface area contributed by atoms with Crippen molar-refractivity contribution in [3.05, 3.63) is 52.8 Å². The number of nitriles is 1. The van der Waals surface area contributed by atoms with E-state index in [4.69, 9.17) is 14.1 Å². The second-order valence-corrected chi connectivity index (χ2v) is 9.40. The number of anilines is 1. The van der Waals surface area contributed by atoms with E-state index in [1.165, 1.54) is 0 Å². The van der Waals surface area contributed by atoms with E-state index in [-0.39, 0.29) is 17.8 Å². The molecule has 0 spiro atoms. The smallest absolute Gasteiger partial charge is 0.349 e. The monoisotopic (exact) mass is 510 g/mol. The highest BCUT2D eigenvalue weighted by atomic mass is 16.5. The molecule has 0 aliphatic carbocycles. The first-order valence-corrected chi connectivity index (χ1v) is 12.5. The Balaban J connectivity index is 1.67. The van der Waals surface area contributed by atoms with Crippen LogP contribution in [0.1, 0.15) is 37.8 Å². The van der Waals surface area contributed by atoms with Gasteiger partial charge in [-0.2, -0.15) is 15.3 Å². The third-order valence-corrected chi connectivity index (χ3v) is 7.06. The Hall–Kier alpha value is -4.56. The third kappa shape index (κ3) is 3.90. The normalized spacial score (nSPS) is 17.6. The van der Waals surface area contributed by atoms with Crippen molar-refractivity contribution < 1.29 is 9.15 Å². The Kier molecular flexibility index (Phi) is 5.88. The largest absolute Gasteiger partial charge is 0.450 e. The van der Waals surface area contributed by atoms with Gasteiger partial charge in [0.25, 0.3) is 0 Å². The molecule has 2 atom stereocenters. The average Bonchev–Trinajstić information content (AvgIpc) is 3.55. The van der Waals surface area contributed by atoms with Gasteiger partial charge in [-0.15, -0.1) is 0 Å². The van der Waals surface area contributed by atoms with Gasteiger partial charge in [-0.05, 0) is 31.4 Å². The molecule has 0 radical (unpaired) electrons. The molecule has 0 aromatic carbocycles. The molecule has 1 aliphatic heterocycles. The summed E-state index contributed by atoms with van der Waals surface area (Å²) < 4.78 is 15.6. The minimum atomic E-state index is -0.385. The lowest BCUT2D eigenvalue weighted by molar-refractivity contribution is -0.00710. The second-order valence-electron chi connectivity index (χ2n) is 9.40. The van der Waals surface area contributed by atoms with Crippen LogP contribution in [-0.2, 0) is 11.8 Å². The van der Waals surface area contributed by atoms with Gasteiger partial charge in [0.15, 0.2) is 11.2 Å². The van der Waals surface area contributed by atoms with Gasteiger partial charge in [0.05, 0.1) is 23.6 Å². The maximum atomic E-state index is 13.7. The van der Waals surface area contributed by atoms with Crippen molar-refractivity contribution in [2.75, 3.05) is 19.0 Å². The fourth-order valence-electron chi connectivity index (χ4n) is 5.13. The maximum Gasteiger partial charge on any atom is 0.349 e. The van der Waals surface area contributed by atoms with Crippen molar-refractivity contribution in [3.63, 3.8) is 0 Å². The Labute approximate surface area is 217 Å². The highest BCUT2D eigenvalue weighted by molar-refractivity contribution is 6.05. The molecular formula is C27H26N8O3. The number of aryl methyl sites for hydroxylation is 1. The summed E-state index contributed by atoms with van der Waals surface area (Å²) in [5.74, 6) is 0.692. The SMILES string of the molecule is CC[C@H]1C[C@@H](n2c(=O)nc(-c3ccc(NC)nc3)c3oc4cc(C#N)c(-c5cnn(C)c5)nc4c32)CCO1. The molecule has 5 aromatic rings. The van der Waals surface area contributed by atoms with Crippen molar-refractivity contribution in [2.45, 2.75) is 38.3 Å². The van der Waals surface area contributed by atoms with Crippen molar-refractivity contribution >= 4 is 28.0 Å². The van der Waals surface area contributed by atoms with Gasteiger partial charge >= 0.3 is 5.69 Å². The number of aromatic nitrogens is 6. The van der Waals surface area contributed by atoms with Gasteiger partial charge < -0.3 is 14.5 Å². The van der Waals surface area contributed by atoms with Gasteiger partial charge in [0.2, 0.25) is 0 Å². The minimum absolute atomic E-state index is 0.0518. The molecule has 0 saturated carbocycles. The summed E-state index contributed by atoms with van der Waals surface area (Å²) in [7, 11) is 3.59. The van der Waals surface area contributed by atoms with Crippen LogP contribution in [-0.4, -0.2) is 49.1 Å². The van der Waals surface area contributed by atoms with Crippen molar-refractivity contribution in [1.29, 1.82) is 5.26 Å². The number of hydrogen-bond donors (Lipinski definition) is 1. The lowest BCUT2D eigenvalue weighted by atomic mass is 10.0. The molecule has 0 bridgehead atoms. The summed E-state index contributed by atoms with van der Waals surface area (Å²) in [6.07, 6.45) is 7.38. The molecule has 192 valence electrons. The highest BCUT2D eigenvalue weighted by Crippen LogP contribution is 2.38. The number of rotatable bonds is 5. The lowest BCUT2D eigenvalue weighted by Gasteiger charge is -2.30. The minimum Gasteiger partial charge on any atom is -0.450 e. The molecule has 6 heterocycles. The van der Waals surface area contributed by atoms with Crippen molar-refractivity contribution in [1.82, 2.24) is 29.3 Å². The van der Waals surface area contributed by atoms with E-state index in [2.05, 4.69) is 33.4 Å². The summed E-state index contributed by atoms with van der Waals surface area (Å²) in [5.41, 5.74) is 4.07. The van der Waals surface area contributed by atoms with Crippen LogP contribution in [0.25, 0.3) is 44.7 Å². The Bertz CT molecular complexity index is 1760. The van der Waals surface area contributed by atoms with Gasteiger partial charge in [0, 0.05) is 56.3 Å². The number of fused-ring (bicyclic) bond motifs is 3. The van der Waals surface area contributed by atoms with Crippen LogP contribution in [0.15, 0.2) is 46.0 Å². The first-order valence-electron chi connectivity index (χ1n) is 12.5. The van der Waals surface area contributed by atoms with Crippen molar-refractivity contribution in [2.24, 2.45) is 7.05 Å². The zero-order valence-corrected chi connectivity index (χ0v) is 21.3. The predicted molar refractivity (Wildman–Crippen MR) is 142 cm³/mol. The molecule has 1 saturated heterocycles. The third-order valence-electron chi connectivity index (χ3n) is 7.06. The first kappa shape index (κ1) is 23.8. The molecule has 1 N–H and O–H groups in total. The van der Waals surface area contributed by atoms with Crippen LogP contribution >= 0.6 is 0 Å². The van der Waals surface area contributed by atoms with E-state index in [9.17, 15) is 10.1 Å². The highest BCUT2D eigenvalue weighted by Gasteiger charge is 2.29. The van der Waals surface area contributed by atoms with E-state index in [0.717, 1.165) is 6.42 Å². The van der Waals surface area contributed by atoms with Gasteiger partial charge in [-0.3, -0.25) is 9.25 Å². The Morgan fingerprint density at radius 3 is 2.76 bits per heavy atom. The number of furan rings is 1. The second kappa shape index (κ2) is 9.39. The summed E-state index contributed by atoms with van der Waals surface area (Å²) in [6, 6.07) is 7.42. The summed E-state index contributed by atoms with van der Waals surface area (Å²) >= 11 is 0. The summed E-state index contributed by atoms with van der Waals surface area (Å²) in [6.45, 7) is 2.63. The summed E-state index contributed by atoms with van der Waals surface area (Å²) in [4.78, 5) is 27.5. The average molecular weight is 511 g/mol. The zero-order valence-electron chi connectivity index (χ0n) is 21.3. The molecule has 38 heavy (non-hydrogen) atoms. The van der Waals surface area contributed by atoms with E-state index in [1.807, 2.05) is 12.1 Å². The molecule has 1 aliphatic rings. The number of hydrogen-bond acceptors (Lipinski definition) is 9. The van der Waals surface area contributed by atoms with E-state index in [0.29, 0.717) is 75.5 Å². The van der Waals surface area contributed by atoms with Gasteiger partial charge in [-0.25, -0.2) is 14.8 Å². The first-order chi connectivity index (χ1) is 18.5. The number of nitrogens with one attached hydrogen (secondary N) is 1. The van der Waals surface area contributed by atoms with Crippen LogP contribution in [0.4, 0.5) is 5.82 Å². The van der Waals surface area contributed by atoms with Crippen molar-refractivity contribution in [3.8, 4) is 28.6 Å². The lowest BCUT2D eigenvalue weighted by Crippen LogP contribution is -2.34.